The average Bonchev–Trinajstić information content (AvgIpc) is 3.49. The number of para-hydroxylation sites is 1. The second-order valence-corrected chi connectivity index (χ2v) is 12.6. The maximum absolute atomic E-state index is 14.4. The van der Waals surface area contributed by atoms with Gasteiger partial charge >= 0.3 is 5.97 Å². The summed E-state index contributed by atoms with van der Waals surface area (Å²) in [5, 5.41) is 17.9. The van der Waals surface area contributed by atoms with E-state index in [4.69, 9.17) is 4.74 Å². The highest BCUT2D eigenvalue weighted by Gasteiger charge is 2.73. The Kier molecular flexibility index (Phi) is 6.74. The van der Waals surface area contributed by atoms with Crippen LogP contribution in [0.5, 0.6) is 0 Å². The number of aliphatic hydroxyl groups excluding tert-OH is 1. The first-order valence-electron chi connectivity index (χ1n) is 13.6. The zero-order valence-electron chi connectivity index (χ0n) is 21.9. The van der Waals surface area contributed by atoms with Crippen molar-refractivity contribution in [1.82, 2.24) is 24.8 Å². The molecule has 206 valence electrons. The van der Waals surface area contributed by atoms with Gasteiger partial charge in [-0.3, -0.25) is 14.4 Å². The number of allylic oxidation sites excluding steroid dienone is 1. The number of nitrogens with zero attached hydrogens (tertiary/aromatic N) is 5. The van der Waals surface area contributed by atoms with Gasteiger partial charge in [0.2, 0.25) is 11.8 Å². The highest BCUT2D eigenvalue weighted by atomic mass is 32.2. The summed E-state index contributed by atoms with van der Waals surface area (Å²) >= 11 is 1.54. The van der Waals surface area contributed by atoms with Gasteiger partial charge in [-0.2, -0.15) is 0 Å². The molecule has 5 heterocycles. The molecule has 1 aromatic carbocycles. The van der Waals surface area contributed by atoms with E-state index < -0.39 is 27.4 Å². The van der Waals surface area contributed by atoms with Gasteiger partial charge in [-0.1, -0.05) is 41.7 Å². The fourth-order valence-electron chi connectivity index (χ4n) is 6.63. The number of aliphatic hydroxyl groups is 1. The summed E-state index contributed by atoms with van der Waals surface area (Å²) in [5.41, 5.74) is 1.56. The molecule has 0 radical (unpaired) electrons. The predicted octanol–water partition coefficient (Wildman–Crippen LogP) is 2.14. The molecule has 6 rings (SSSR count). The number of amides is 2. The molecule has 39 heavy (non-hydrogen) atoms. The van der Waals surface area contributed by atoms with Gasteiger partial charge in [-0.05, 0) is 44.7 Å². The third-order valence-corrected chi connectivity index (χ3v) is 10.2. The molecule has 1 spiro atoms. The standard InChI is InChI=1S/C28H33N5O5S/c1-27-12-5-2-8-17-38-26(37)22(27)21-24(35)32(15-6-7-16-34)23-25(36)31(14-9-13-28(21,23)39-27)18-33-20-11-4-3-10-19(20)29-30-33/h3-5,9-13,21-23,34H,2,6-8,14-18H2,1H3/b12-5-/t21-,22-,23?,27+,28-/m0/s1. The lowest BCUT2D eigenvalue weighted by molar-refractivity contribution is -0.154. The third-order valence-electron chi connectivity index (χ3n) is 8.37. The molecule has 4 aliphatic heterocycles. The quantitative estimate of drug-likeness (QED) is 0.330. The van der Waals surface area contributed by atoms with Gasteiger partial charge in [0, 0.05) is 24.4 Å². The average molecular weight is 552 g/mol. The molecule has 0 aliphatic carbocycles. The molecular weight excluding hydrogens is 518 g/mol. The number of rotatable bonds is 6. The number of hydrogen-bond acceptors (Lipinski definition) is 8. The Balaban J connectivity index is 1.41. The van der Waals surface area contributed by atoms with Crippen LogP contribution < -0.4 is 0 Å². The summed E-state index contributed by atoms with van der Waals surface area (Å²) in [6.07, 6.45) is 10.7. The van der Waals surface area contributed by atoms with E-state index in [9.17, 15) is 19.5 Å². The number of hydrogen-bond donors (Lipinski definition) is 1. The number of likely N-dealkylation sites (tertiary alicyclic amines) is 1. The number of fused-ring (bicyclic) bond motifs is 3. The van der Waals surface area contributed by atoms with E-state index in [1.54, 1.807) is 26.2 Å². The summed E-state index contributed by atoms with van der Waals surface area (Å²) in [7, 11) is 0. The molecule has 0 saturated carbocycles. The van der Waals surface area contributed by atoms with Gasteiger partial charge in [0.1, 0.15) is 18.2 Å². The summed E-state index contributed by atoms with van der Waals surface area (Å²) < 4.78 is 5.75. The number of unbranched alkanes of at least 4 members (excludes halogenated alkanes) is 1. The van der Waals surface area contributed by atoms with Crippen LogP contribution in [0.4, 0.5) is 0 Å². The van der Waals surface area contributed by atoms with Crippen molar-refractivity contribution in [2.75, 3.05) is 26.3 Å². The summed E-state index contributed by atoms with van der Waals surface area (Å²) in [6.45, 7) is 3.17. The first-order valence-corrected chi connectivity index (χ1v) is 14.4. The number of ether oxygens (including phenoxy) is 1. The molecule has 5 atom stereocenters. The van der Waals surface area contributed by atoms with E-state index >= 15 is 0 Å². The lowest BCUT2D eigenvalue weighted by Gasteiger charge is -2.36. The molecule has 0 bridgehead atoms. The largest absolute Gasteiger partial charge is 0.465 e. The van der Waals surface area contributed by atoms with Crippen molar-refractivity contribution in [2.24, 2.45) is 11.8 Å². The minimum atomic E-state index is -0.922. The van der Waals surface area contributed by atoms with Crippen molar-refractivity contribution >= 4 is 40.6 Å². The second kappa shape index (κ2) is 10.1. The number of esters is 1. The normalized spacial score (nSPS) is 33.2. The van der Waals surface area contributed by atoms with Crippen LogP contribution in [0.15, 0.2) is 48.6 Å². The first-order chi connectivity index (χ1) is 18.9. The molecule has 2 saturated heterocycles. The molecule has 1 N–H and O–H groups in total. The van der Waals surface area contributed by atoms with Crippen LogP contribution in [0, 0.1) is 11.8 Å². The second-order valence-electron chi connectivity index (χ2n) is 10.9. The fraction of sp³-hybridized carbons (Fsp3) is 0.536. The number of benzene rings is 1. The van der Waals surface area contributed by atoms with Crippen LogP contribution in [0.1, 0.15) is 32.6 Å². The van der Waals surface area contributed by atoms with Crippen LogP contribution in [0.2, 0.25) is 0 Å². The van der Waals surface area contributed by atoms with Crippen LogP contribution in [-0.2, 0) is 25.8 Å². The Morgan fingerprint density at radius 1 is 1.10 bits per heavy atom. The summed E-state index contributed by atoms with van der Waals surface area (Å²) in [6, 6.07) is 6.79. The van der Waals surface area contributed by atoms with Crippen molar-refractivity contribution in [1.29, 1.82) is 0 Å². The molecule has 1 aromatic heterocycles. The zero-order valence-corrected chi connectivity index (χ0v) is 22.8. The monoisotopic (exact) mass is 551 g/mol. The molecule has 10 nitrogen and oxygen atoms in total. The lowest BCUT2D eigenvalue weighted by Crippen LogP contribution is -2.53. The molecule has 2 aromatic rings. The molecular formula is C28H33N5O5S. The number of carbonyl (C=O) groups is 3. The van der Waals surface area contributed by atoms with Crippen LogP contribution in [-0.4, -0.2) is 89.5 Å². The Morgan fingerprint density at radius 3 is 2.79 bits per heavy atom. The van der Waals surface area contributed by atoms with E-state index in [1.807, 2.05) is 49.4 Å². The van der Waals surface area contributed by atoms with Gasteiger partial charge in [0.15, 0.2) is 0 Å². The highest BCUT2D eigenvalue weighted by Crippen LogP contribution is 2.65. The van der Waals surface area contributed by atoms with Crippen molar-refractivity contribution in [2.45, 2.75) is 54.8 Å². The van der Waals surface area contributed by atoms with E-state index in [1.165, 1.54) is 0 Å². The van der Waals surface area contributed by atoms with Crippen LogP contribution >= 0.6 is 11.8 Å². The summed E-state index contributed by atoms with van der Waals surface area (Å²) in [4.78, 5) is 45.5. The van der Waals surface area contributed by atoms with Gasteiger partial charge in [-0.25, -0.2) is 4.68 Å². The zero-order chi connectivity index (χ0) is 27.2. The lowest BCUT2D eigenvalue weighted by atomic mass is 9.74. The first kappa shape index (κ1) is 26.1. The maximum atomic E-state index is 14.4. The minimum Gasteiger partial charge on any atom is -0.465 e. The molecule has 11 heteroatoms. The van der Waals surface area contributed by atoms with Crippen LogP contribution in [0.25, 0.3) is 11.0 Å². The van der Waals surface area contributed by atoms with E-state index in [2.05, 4.69) is 16.4 Å². The van der Waals surface area contributed by atoms with Crippen LogP contribution in [0.3, 0.4) is 0 Å². The molecule has 4 aliphatic rings. The van der Waals surface area contributed by atoms with E-state index in [0.29, 0.717) is 32.5 Å². The van der Waals surface area contributed by atoms with Crippen molar-refractivity contribution in [3.05, 3.63) is 48.6 Å². The van der Waals surface area contributed by atoms with E-state index in [0.717, 1.165) is 23.9 Å². The van der Waals surface area contributed by atoms with Gasteiger partial charge in [0.05, 0.1) is 28.7 Å². The Labute approximate surface area is 231 Å². The third kappa shape index (κ3) is 4.17. The number of cyclic esters (lactones) is 1. The fourth-order valence-corrected chi connectivity index (χ4v) is 8.78. The van der Waals surface area contributed by atoms with Gasteiger partial charge in [0.25, 0.3) is 0 Å². The number of thioether (sulfide) groups is 1. The molecule has 2 amide bonds. The van der Waals surface area contributed by atoms with Crippen molar-refractivity contribution < 1.29 is 24.2 Å². The molecule has 1 unspecified atom stereocenters. The highest BCUT2D eigenvalue weighted by molar-refractivity contribution is 8.02. The topological polar surface area (TPSA) is 118 Å². The van der Waals surface area contributed by atoms with Gasteiger partial charge < -0.3 is 19.6 Å². The Hall–Kier alpha value is -3.18. The SMILES string of the molecule is C[C@@]12/C=C\CCCOC(=O)[C@@H]1[C@H]1C(=O)N(CCCCO)C3C(=O)N(Cn4nnc5ccccc54)CC=C[C@@]31S2. The number of carbonyl (C=O) groups excluding carboxylic acids is 3. The predicted molar refractivity (Wildman–Crippen MR) is 145 cm³/mol. The number of aromatic nitrogens is 3. The van der Waals surface area contributed by atoms with Crippen molar-refractivity contribution in [3.63, 3.8) is 0 Å². The Morgan fingerprint density at radius 2 is 1.95 bits per heavy atom. The van der Waals surface area contributed by atoms with Gasteiger partial charge in [-0.15, -0.1) is 16.9 Å². The smallest absolute Gasteiger partial charge is 0.311 e. The van der Waals surface area contributed by atoms with Crippen molar-refractivity contribution in [3.8, 4) is 0 Å². The molecule has 2 fully saturated rings. The minimum absolute atomic E-state index is 0.00713. The summed E-state index contributed by atoms with van der Waals surface area (Å²) in [5.74, 6) is -2.19. The maximum Gasteiger partial charge on any atom is 0.311 e. The Bertz CT molecular complexity index is 1360. The van der Waals surface area contributed by atoms with E-state index in [-0.39, 0.29) is 31.1 Å².